The molecule has 0 radical (unpaired) electrons. The molecule has 0 aliphatic heterocycles. The van der Waals surface area contributed by atoms with Crippen molar-refractivity contribution in [3.8, 4) is 11.4 Å². The van der Waals surface area contributed by atoms with Crippen molar-refractivity contribution in [3.63, 3.8) is 0 Å². The molecule has 0 saturated heterocycles. The summed E-state index contributed by atoms with van der Waals surface area (Å²) < 4.78 is 1.81. The summed E-state index contributed by atoms with van der Waals surface area (Å²) in [6.45, 7) is 5.91. The standard InChI is InChI=1S/C12H13N3/c1-9(2)10-4-6-13-11(8-10)12-5-7-14-15(12)3/h4-8H,1H2,2-3H3. The highest BCUT2D eigenvalue weighted by Gasteiger charge is 2.04. The van der Waals surface area contributed by atoms with Crippen LogP contribution in [0, 0.1) is 0 Å². The van der Waals surface area contributed by atoms with E-state index in [9.17, 15) is 0 Å². The Morgan fingerprint density at radius 2 is 2.13 bits per heavy atom. The maximum Gasteiger partial charge on any atom is 0.0888 e. The van der Waals surface area contributed by atoms with E-state index < -0.39 is 0 Å². The van der Waals surface area contributed by atoms with E-state index in [0.29, 0.717) is 0 Å². The average Bonchev–Trinajstić information content (AvgIpc) is 2.64. The minimum absolute atomic E-state index is 0.926. The van der Waals surface area contributed by atoms with E-state index in [1.807, 2.05) is 36.9 Å². The molecule has 76 valence electrons. The molecular formula is C12H13N3. The van der Waals surface area contributed by atoms with Gasteiger partial charge in [-0.15, -0.1) is 0 Å². The third kappa shape index (κ3) is 1.81. The second-order valence-corrected chi connectivity index (χ2v) is 3.55. The second-order valence-electron chi connectivity index (χ2n) is 3.55. The van der Waals surface area contributed by atoms with Gasteiger partial charge in [-0.1, -0.05) is 12.2 Å². The topological polar surface area (TPSA) is 30.7 Å². The van der Waals surface area contributed by atoms with E-state index in [4.69, 9.17) is 0 Å². The Bertz CT molecular complexity index is 497. The predicted molar refractivity (Wildman–Crippen MR) is 61.1 cm³/mol. The van der Waals surface area contributed by atoms with E-state index >= 15 is 0 Å². The van der Waals surface area contributed by atoms with E-state index in [1.165, 1.54) is 0 Å². The highest BCUT2D eigenvalue weighted by Crippen LogP contribution is 2.19. The van der Waals surface area contributed by atoms with Crippen LogP contribution in [0.1, 0.15) is 12.5 Å². The zero-order chi connectivity index (χ0) is 10.8. The quantitative estimate of drug-likeness (QED) is 0.744. The van der Waals surface area contributed by atoms with E-state index in [1.54, 1.807) is 12.4 Å². The molecule has 2 rings (SSSR count). The monoisotopic (exact) mass is 199 g/mol. The smallest absolute Gasteiger partial charge is 0.0888 e. The van der Waals surface area contributed by atoms with Gasteiger partial charge < -0.3 is 0 Å². The summed E-state index contributed by atoms with van der Waals surface area (Å²) in [5, 5.41) is 4.12. The fourth-order valence-electron chi connectivity index (χ4n) is 1.46. The maximum absolute atomic E-state index is 4.32. The van der Waals surface area contributed by atoms with Gasteiger partial charge in [-0.2, -0.15) is 5.10 Å². The molecule has 0 saturated carbocycles. The van der Waals surface area contributed by atoms with Gasteiger partial charge >= 0.3 is 0 Å². The fourth-order valence-corrected chi connectivity index (χ4v) is 1.46. The van der Waals surface area contributed by atoms with Crippen molar-refractivity contribution in [1.29, 1.82) is 0 Å². The van der Waals surface area contributed by atoms with Crippen LogP contribution >= 0.6 is 0 Å². The fraction of sp³-hybridized carbons (Fsp3) is 0.167. The number of rotatable bonds is 2. The number of aryl methyl sites for hydroxylation is 1. The summed E-state index contributed by atoms with van der Waals surface area (Å²) in [7, 11) is 1.91. The maximum atomic E-state index is 4.32. The summed E-state index contributed by atoms with van der Waals surface area (Å²) in [4.78, 5) is 4.32. The van der Waals surface area contributed by atoms with Crippen LogP contribution in [-0.4, -0.2) is 14.8 Å². The lowest BCUT2D eigenvalue weighted by Crippen LogP contribution is -1.95. The molecule has 0 aliphatic rings. The lowest BCUT2D eigenvalue weighted by Gasteiger charge is -2.04. The van der Waals surface area contributed by atoms with E-state index in [-0.39, 0.29) is 0 Å². The van der Waals surface area contributed by atoms with Crippen molar-refractivity contribution < 1.29 is 0 Å². The molecule has 0 aliphatic carbocycles. The molecule has 0 amide bonds. The largest absolute Gasteiger partial charge is 0.266 e. The van der Waals surface area contributed by atoms with Crippen LogP contribution in [0.3, 0.4) is 0 Å². The molecule has 3 nitrogen and oxygen atoms in total. The van der Waals surface area contributed by atoms with Gasteiger partial charge in [0.15, 0.2) is 0 Å². The Morgan fingerprint density at radius 1 is 1.33 bits per heavy atom. The normalized spacial score (nSPS) is 10.3. The number of aromatic nitrogens is 3. The first kappa shape index (κ1) is 9.65. The van der Waals surface area contributed by atoms with Crippen molar-refractivity contribution in [2.24, 2.45) is 7.05 Å². The minimum Gasteiger partial charge on any atom is -0.266 e. The summed E-state index contributed by atoms with van der Waals surface area (Å²) in [6.07, 6.45) is 3.57. The molecule has 3 heteroatoms. The first-order chi connectivity index (χ1) is 7.18. The number of nitrogens with zero attached hydrogens (tertiary/aromatic N) is 3. The van der Waals surface area contributed by atoms with Gasteiger partial charge in [-0.25, -0.2) is 0 Å². The molecule has 0 aromatic carbocycles. The zero-order valence-electron chi connectivity index (χ0n) is 8.94. The Kier molecular flexibility index (Phi) is 2.37. The minimum atomic E-state index is 0.926. The van der Waals surface area contributed by atoms with Crippen molar-refractivity contribution in [2.45, 2.75) is 6.92 Å². The van der Waals surface area contributed by atoms with Crippen LogP contribution in [0.15, 0.2) is 37.2 Å². The zero-order valence-corrected chi connectivity index (χ0v) is 8.94. The molecule has 15 heavy (non-hydrogen) atoms. The van der Waals surface area contributed by atoms with Crippen molar-refractivity contribution >= 4 is 5.57 Å². The van der Waals surface area contributed by atoms with Crippen LogP contribution in [0.2, 0.25) is 0 Å². The number of hydrogen-bond acceptors (Lipinski definition) is 2. The molecule has 2 aromatic rings. The van der Waals surface area contributed by atoms with E-state index in [0.717, 1.165) is 22.5 Å². The van der Waals surface area contributed by atoms with Crippen LogP contribution in [-0.2, 0) is 7.05 Å². The van der Waals surface area contributed by atoms with Crippen LogP contribution < -0.4 is 0 Å². The first-order valence-corrected chi connectivity index (χ1v) is 4.79. The summed E-state index contributed by atoms with van der Waals surface area (Å²) in [5.74, 6) is 0. The third-order valence-electron chi connectivity index (χ3n) is 2.34. The molecule has 0 spiro atoms. The highest BCUT2D eigenvalue weighted by molar-refractivity contribution is 5.66. The Hall–Kier alpha value is -1.90. The Morgan fingerprint density at radius 3 is 2.73 bits per heavy atom. The predicted octanol–water partition coefficient (Wildman–Crippen LogP) is 2.52. The SMILES string of the molecule is C=C(C)c1ccnc(-c2ccnn2C)c1. The molecule has 0 bridgehead atoms. The van der Waals surface area contributed by atoms with Gasteiger partial charge in [0.1, 0.15) is 0 Å². The highest BCUT2D eigenvalue weighted by atomic mass is 15.3. The van der Waals surface area contributed by atoms with Crippen LogP contribution in [0.25, 0.3) is 17.0 Å². The van der Waals surface area contributed by atoms with Crippen molar-refractivity contribution in [2.75, 3.05) is 0 Å². The molecule has 2 heterocycles. The average molecular weight is 199 g/mol. The summed E-state index contributed by atoms with van der Waals surface area (Å²) >= 11 is 0. The van der Waals surface area contributed by atoms with Gasteiger partial charge in [0.2, 0.25) is 0 Å². The van der Waals surface area contributed by atoms with Crippen molar-refractivity contribution in [3.05, 3.63) is 42.7 Å². The molecule has 0 N–H and O–H groups in total. The van der Waals surface area contributed by atoms with Crippen LogP contribution in [0.5, 0.6) is 0 Å². The second kappa shape index (κ2) is 3.69. The number of allylic oxidation sites excluding steroid dienone is 1. The van der Waals surface area contributed by atoms with Gasteiger partial charge in [-0.3, -0.25) is 9.67 Å². The lowest BCUT2D eigenvalue weighted by atomic mass is 10.1. The summed E-state index contributed by atoms with van der Waals surface area (Å²) in [5.41, 5.74) is 4.09. The Balaban J connectivity index is 2.50. The molecule has 2 aromatic heterocycles. The number of hydrogen-bond donors (Lipinski definition) is 0. The van der Waals surface area contributed by atoms with Gasteiger partial charge in [-0.05, 0) is 30.7 Å². The van der Waals surface area contributed by atoms with Crippen molar-refractivity contribution in [1.82, 2.24) is 14.8 Å². The van der Waals surface area contributed by atoms with Gasteiger partial charge in [0.25, 0.3) is 0 Å². The molecular weight excluding hydrogens is 186 g/mol. The van der Waals surface area contributed by atoms with Crippen LogP contribution in [0.4, 0.5) is 0 Å². The molecule has 0 fully saturated rings. The van der Waals surface area contributed by atoms with Gasteiger partial charge in [0.05, 0.1) is 11.4 Å². The number of pyridine rings is 1. The third-order valence-corrected chi connectivity index (χ3v) is 2.34. The Labute approximate surface area is 89.1 Å². The first-order valence-electron chi connectivity index (χ1n) is 4.79. The van der Waals surface area contributed by atoms with E-state index in [2.05, 4.69) is 16.7 Å². The van der Waals surface area contributed by atoms with Gasteiger partial charge in [0, 0.05) is 19.4 Å². The molecule has 0 unspecified atom stereocenters. The lowest BCUT2D eigenvalue weighted by molar-refractivity contribution is 0.773. The summed E-state index contributed by atoms with van der Waals surface area (Å²) in [6, 6.07) is 5.94. The molecule has 0 atom stereocenters.